The number of ether oxygens (including phenoxy) is 5. The minimum Gasteiger partial charge on any atom is -0.488 e. The van der Waals surface area contributed by atoms with Gasteiger partial charge in [0.25, 0.3) is 0 Å². The second-order valence-corrected chi connectivity index (χ2v) is 12.7. The van der Waals surface area contributed by atoms with Gasteiger partial charge in [0.15, 0.2) is 11.5 Å². The van der Waals surface area contributed by atoms with Crippen LogP contribution in [0.3, 0.4) is 0 Å². The lowest BCUT2D eigenvalue weighted by Gasteiger charge is -2.20. The highest BCUT2D eigenvalue weighted by molar-refractivity contribution is 6.32. The van der Waals surface area contributed by atoms with Crippen LogP contribution in [0.4, 0.5) is 4.79 Å². The average Bonchev–Trinajstić information content (AvgIpc) is 3.06. The molecule has 0 aromatic heterocycles. The number of alkyl carbamates (subject to hydrolysis) is 1. The molecule has 4 aromatic rings. The summed E-state index contributed by atoms with van der Waals surface area (Å²) < 4.78 is 29.3. The number of carbonyl (C=O) groups is 1. The first-order valence-electron chi connectivity index (χ1n) is 15.8. The van der Waals surface area contributed by atoms with Crippen molar-refractivity contribution >= 4 is 17.7 Å². The highest BCUT2D eigenvalue weighted by Gasteiger charge is 2.17. The lowest BCUT2D eigenvalue weighted by atomic mass is 9.96. The van der Waals surface area contributed by atoms with Crippen LogP contribution in [0.5, 0.6) is 23.0 Å². The number of amides is 1. The number of nitrogens with zero attached hydrogens (tertiary/aromatic N) is 1. The minimum absolute atomic E-state index is 0.250. The van der Waals surface area contributed by atoms with Crippen LogP contribution in [-0.4, -0.2) is 38.0 Å². The Labute approximate surface area is 286 Å². The molecular formula is C38H40ClN3O6. The molecular weight excluding hydrogens is 630 g/mol. The third-order valence-corrected chi connectivity index (χ3v) is 7.83. The molecule has 48 heavy (non-hydrogen) atoms. The van der Waals surface area contributed by atoms with Crippen molar-refractivity contribution < 1.29 is 28.5 Å². The summed E-state index contributed by atoms with van der Waals surface area (Å²) in [4.78, 5) is 12.0. The van der Waals surface area contributed by atoms with Gasteiger partial charge in [-0.15, -0.1) is 0 Å². The van der Waals surface area contributed by atoms with Gasteiger partial charge in [-0.1, -0.05) is 48.0 Å². The van der Waals surface area contributed by atoms with Crippen molar-refractivity contribution in [3.63, 3.8) is 0 Å². The summed E-state index contributed by atoms with van der Waals surface area (Å²) in [6.45, 7) is 10.5. The predicted octanol–water partition coefficient (Wildman–Crippen LogP) is 7.73. The summed E-state index contributed by atoms with van der Waals surface area (Å²) >= 11 is 6.76. The monoisotopic (exact) mass is 669 g/mol. The van der Waals surface area contributed by atoms with Crippen molar-refractivity contribution in [3.8, 4) is 40.2 Å². The number of nitriles is 1. The zero-order valence-electron chi connectivity index (χ0n) is 27.7. The maximum absolute atomic E-state index is 12.0. The summed E-state index contributed by atoms with van der Waals surface area (Å²) in [6, 6.07) is 25.2. The molecule has 2 N–H and O–H groups in total. The molecule has 1 heterocycles. The Balaban J connectivity index is 1.29. The second kappa shape index (κ2) is 15.8. The van der Waals surface area contributed by atoms with Gasteiger partial charge in [-0.05, 0) is 85.8 Å². The van der Waals surface area contributed by atoms with E-state index in [0.29, 0.717) is 61.5 Å². The van der Waals surface area contributed by atoms with E-state index < -0.39 is 11.7 Å². The molecule has 0 bridgehead atoms. The fourth-order valence-electron chi connectivity index (χ4n) is 5.16. The summed E-state index contributed by atoms with van der Waals surface area (Å²) in [6.07, 6.45) is -0.468. The number of halogens is 1. The molecule has 0 spiro atoms. The number of carbonyl (C=O) groups excluding carboxylic acids is 1. The van der Waals surface area contributed by atoms with E-state index in [1.807, 2.05) is 69.3 Å². The molecule has 10 heteroatoms. The van der Waals surface area contributed by atoms with Gasteiger partial charge in [-0.25, -0.2) is 4.79 Å². The Morgan fingerprint density at radius 2 is 1.67 bits per heavy atom. The van der Waals surface area contributed by atoms with Gasteiger partial charge in [0.2, 0.25) is 0 Å². The molecule has 0 radical (unpaired) electrons. The zero-order chi connectivity index (χ0) is 34.1. The standard InChI is InChI=1S/C38H40ClN3O6/c1-25-29(9-6-10-31(25)28-11-12-33-36(19-28)45-16-15-44-33)24-47-35-20-34(46-23-27-8-5-7-26(17-27)21-40)30(18-32(35)39)22-41-13-14-42-37(43)48-38(2,3)4/h5-12,17-20,41H,13-16,22-24H2,1-4H3,(H,42,43). The molecule has 0 fully saturated rings. The normalized spacial score (nSPS) is 12.2. The Hall–Kier alpha value is -4.91. The molecule has 0 aliphatic carbocycles. The largest absolute Gasteiger partial charge is 0.488 e. The first-order valence-corrected chi connectivity index (χ1v) is 16.2. The van der Waals surface area contributed by atoms with Gasteiger partial charge in [0.05, 0.1) is 16.7 Å². The van der Waals surface area contributed by atoms with E-state index in [-0.39, 0.29) is 6.61 Å². The number of rotatable bonds is 12. The van der Waals surface area contributed by atoms with E-state index >= 15 is 0 Å². The molecule has 1 aliphatic rings. The van der Waals surface area contributed by atoms with Crippen molar-refractivity contribution in [2.75, 3.05) is 26.3 Å². The highest BCUT2D eigenvalue weighted by Crippen LogP contribution is 2.37. The molecule has 1 aliphatic heterocycles. The van der Waals surface area contributed by atoms with E-state index in [1.165, 1.54) is 0 Å². The van der Waals surface area contributed by atoms with Crippen molar-refractivity contribution in [1.29, 1.82) is 5.26 Å². The van der Waals surface area contributed by atoms with Gasteiger partial charge in [-0.2, -0.15) is 5.26 Å². The predicted molar refractivity (Wildman–Crippen MR) is 185 cm³/mol. The zero-order valence-corrected chi connectivity index (χ0v) is 28.4. The molecule has 9 nitrogen and oxygen atoms in total. The van der Waals surface area contributed by atoms with Crippen molar-refractivity contribution in [2.45, 2.75) is 53.1 Å². The number of fused-ring (bicyclic) bond motifs is 1. The molecule has 5 rings (SSSR count). The second-order valence-electron chi connectivity index (χ2n) is 12.3. The molecule has 250 valence electrons. The van der Waals surface area contributed by atoms with Crippen LogP contribution in [0, 0.1) is 18.3 Å². The van der Waals surface area contributed by atoms with Crippen LogP contribution < -0.4 is 29.6 Å². The van der Waals surface area contributed by atoms with Crippen LogP contribution in [0.15, 0.2) is 72.8 Å². The van der Waals surface area contributed by atoms with Gasteiger partial charge >= 0.3 is 6.09 Å². The van der Waals surface area contributed by atoms with E-state index in [4.69, 9.17) is 35.3 Å². The average molecular weight is 670 g/mol. The number of hydrogen-bond donors (Lipinski definition) is 2. The first-order chi connectivity index (χ1) is 23.1. The van der Waals surface area contributed by atoms with Gasteiger partial charge in [-0.3, -0.25) is 0 Å². The smallest absolute Gasteiger partial charge is 0.407 e. The van der Waals surface area contributed by atoms with Crippen molar-refractivity contribution in [3.05, 3.63) is 106 Å². The van der Waals surface area contributed by atoms with Crippen LogP contribution in [-0.2, 0) is 24.5 Å². The molecule has 4 aromatic carbocycles. The van der Waals surface area contributed by atoms with E-state index in [1.54, 1.807) is 18.2 Å². The Morgan fingerprint density at radius 1 is 0.896 bits per heavy atom. The van der Waals surface area contributed by atoms with Crippen LogP contribution in [0.1, 0.15) is 48.6 Å². The summed E-state index contributed by atoms with van der Waals surface area (Å²) in [5, 5.41) is 15.8. The van der Waals surface area contributed by atoms with Crippen molar-refractivity contribution in [2.24, 2.45) is 0 Å². The van der Waals surface area contributed by atoms with Crippen LogP contribution >= 0.6 is 11.6 Å². The summed E-state index contributed by atoms with van der Waals surface area (Å²) in [5.74, 6) is 2.57. The molecule has 0 saturated heterocycles. The summed E-state index contributed by atoms with van der Waals surface area (Å²) in [5.41, 5.74) is 5.88. The van der Waals surface area contributed by atoms with E-state index in [0.717, 1.165) is 44.9 Å². The lowest BCUT2D eigenvalue weighted by Crippen LogP contribution is -2.36. The van der Waals surface area contributed by atoms with Crippen LogP contribution in [0.25, 0.3) is 11.1 Å². The number of benzene rings is 4. The Kier molecular flexibility index (Phi) is 11.3. The number of hydrogen-bond acceptors (Lipinski definition) is 8. The molecule has 0 unspecified atom stereocenters. The topological polar surface area (TPSA) is 111 Å². The van der Waals surface area contributed by atoms with Gasteiger partial charge in [0, 0.05) is 31.3 Å². The fourth-order valence-corrected chi connectivity index (χ4v) is 5.40. The fraction of sp³-hybridized carbons (Fsp3) is 0.316. The summed E-state index contributed by atoms with van der Waals surface area (Å²) in [7, 11) is 0. The van der Waals surface area contributed by atoms with E-state index in [2.05, 4.69) is 29.7 Å². The quantitative estimate of drug-likeness (QED) is 0.148. The maximum Gasteiger partial charge on any atom is 0.407 e. The van der Waals surface area contributed by atoms with Crippen molar-refractivity contribution in [1.82, 2.24) is 10.6 Å². The molecule has 0 saturated carbocycles. The number of nitrogens with one attached hydrogen (secondary N) is 2. The lowest BCUT2D eigenvalue weighted by molar-refractivity contribution is 0.0528. The third-order valence-electron chi connectivity index (χ3n) is 7.53. The molecule has 1 amide bonds. The highest BCUT2D eigenvalue weighted by atomic mass is 35.5. The van der Waals surface area contributed by atoms with Gasteiger partial charge in [0.1, 0.15) is 43.5 Å². The minimum atomic E-state index is -0.564. The first kappa shape index (κ1) is 34.4. The Morgan fingerprint density at radius 3 is 2.46 bits per heavy atom. The SMILES string of the molecule is Cc1c(COc2cc(OCc3cccc(C#N)c3)c(CNCCNC(=O)OC(C)(C)C)cc2Cl)cccc1-c1ccc2c(c1)OCCO2. The van der Waals surface area contributed by atoms with Crippen LogP contribution in [0.2, 0.25) is 5.02 Å². The maximum atomic E-state index is 12.0. The molecule has 0 atom stereocenters. The van der Waals surface area contributed by atoms with E-state index in [9.17, 15) is 10.1 Å². The third kappa shape index (κ3) is 9.34. The Bertz CT molecular complexity index is 1800. The van der Waals surface area contributed by atoms with Gasteiger partial charge < -0.3 is 34.3 Å².